The third-order valence-electron chi connectivity index (χ3n) is 3.33. The Hall–Kier alpha value is -1.57. The summed E-state index contributed by atoms with van der Waals surface area (Å²) in [5.74, 6) is 0.384. The molecular formula is C15H19NO. The van der Waals surface area contributed by atoms with Crippen molar-refractivity contribution in [1.29, 1.82) is 0 Å². The minimum atomic E-state index is 0.116. The molecule has 2 aromatic rings. The predicted octanol–water partition coefficient (Wildman–Crippen LogP) is 3.80. The molecule has 0 amide bonds. The molecule has 0 radical (unpaired) electrons. The van der Waals surface area contributed by atoms with E-state index in [2.05, 4.69) is 13.0 Å². The van der Waals surface area contributed by atoms with Crippen molar-refractivity contribution in [3.63, 3.8) is 0 Å². The van der Waals surface area contributed by atoms with E-state index in [1.165, 1.54) is 0 Å². The van der Waals surface area contributed by atoms with Gasteiger partial charge >= 0.3 is 0 Å². The van der Waals surface area contributed by atoms with Gasteiger partial charge < -0.3 is 4.57 Å². The third kappa shape index (κ3) is 2.12. The van der Waals surface area contributed by atoms with E-state index in [9.17, 15) is 4.79 Å². The molecule has 2 nitrogen and oxygen atoms in total. The van der Waals surface area contributed by atoms with E-state index >= 15 is 0 Å². The van der Waals surface area contributed by atoms with Gasteiger partial charge in [0.1, 0.15) is 0 Å². The molecule has 1 aromatic heterocycles. The van der Waals surface area contributed by atoms with Crippen molar-refractivity contribution in [1.82, 2.24) is 4.57 Å². The molecule has 0 N–H and O–H groups in total. The van der Waals surface area contributed by atoms with Gasteiger partial charge in [-0.05, 0) is 12.5 Å². The van der Waals surface area contributed by atoms with E-state index in [1.807, 2.05) is 42.9 Å². The largest absolute Gasteiger partial charge is 0.350 e. The molecular weight excluding hydrogens is 210 g/mol. The Morgan fingerprint density at radius 1 is 1.35 bits per heavy atom. The summed E-state index contributed by atoms with van der Waals surface area (Å²) in [6.45, 7) is 4.14. The van der Waals surface area contributed by atoms with Gasteiger partial charge in [-0.1, -0.05) is 38.5 Å². The highest BCUT2D eigenvalue weighted by Gasteiger charge is 2.18. The zero-order chi connectivity index (χ0) is 12.4. The topological polar surface area (TPSA) is 22.0 Å². The highest BCUT2D eigenvalue weighted by molar-refractivity contribution is 6.08. The predicted molar refractivity (Wildman–Crippen MR) is 71.3 cm³/mol. The first-order chi connectivity index (χ1) is 8.15. The first-order valence-corrected chi connectivity index (χ1v) is 6.23. The van der Waals surface area contributed by atoms with Crippen LogP contribution in [-0.4, -0.2) is 10.4 Å². The smallest absolute Gasteiger partial charge is 0.167 e. The first kappa shape index (κ1) is 11.9. The number of hydrogen-bond acceptors (Lipinski definition) is 1. The van der Waals surface area contributed by atoms with Crippen LogP contribution in [0.3, 0.4) is 0 Å². The van der Waals surface area contributed by atoms with E-state index in [4.69, 9.17) is 0 Å². The summed E-state index contributed by atoms with van der Waals surface area (Å²) in [5.41, 5.74) is 1.99. The van der Waals surface area contributed by atoms with Crippen LogP contribution in [0.5, 0.6) is 0 Å². The number of para-hydroxylation sites is 1. The van der Waals surface area contributed by atoms with Crippen molar-refractivity contribution >= 4 is 16.7 Å². The van der Waals surface area contributed by atoms with Crippen LogP contribution in [0.2, 0.25) is 0 Å². The molecule has 0 aliphatic heterocycles. The number of carbonyl (C=O) groups excluding carboxylic acids is 1. The van der Waals surface area contributed by atoms with Gasteiger partial charge in [0.2, 0.25) is 0 Å². The Labute approximate surface area is 102 Å². The molecule has 0 saturated heterocycles. The lowest BCUT2D eigenvalue weighted by atomic mass is 9.95. The first-order valence-electron chi connectivity index (χ1n) is 6.23. The molecule has 0 fully saturated rings. The second kappa shape index (κ2) is 4.74. The van der Waals surface area contributed by atoms with E-state index in [1.54, 1.807) is 0 Å². The standard InChI is InChI=1S/C15H19NO/c1-4-7-11(2)15(17)13-10-16(3)14-9-6-5-8-12(13)14/h5-6,8-11H,4,7H2,1-3H3. The minimum Gasteiger partial charge on any atom is -0.350 e. The van der Waals surface area contributed by atoms with Crippen LogP contribution in [0.1, 0.15) is 37.0 Å². The lowest BCUT2D eigenvalue weighted by Gasteiger charge is -2.07. The molecule has 0 spiro atoms. The summed E-state index contributed by atoms with van der Waals surface area (Å²) in [6.07, 6.45) is 3.97. The molecule has 2 heteroatoms. The summed E-state index contributed by atoms with van der Waals surface area (Å²) in [5, 5.41) is 1.07. The normalized spacial score (nSPS) is 12.9. The number of Topliss-reactive ketones (excluding diaryl/α,β-unsaturated/α-hetero) is 1. The molecule has 90 valence electrons. The van der Waals surface area contributed by atoms with Crippen LogP contribution in [0.15, 0.2) is 30.5 Å². The lowest BCUT2D eigenvalue weighted by molar-refractivity contribution is 0.0925. The van der Waals surface area contributed by atoms with Gasteiger partial charge in [-0.2, -0.15) is 0 Å². The SMILES string of the molecule is CCCC(C)C(=O)c1cn(C)c2ccccc12. The highest BCUT2D eigenvalue weighted by atomic mass is 16.1. The number of hydrogen-bond donors (Lipinski definition) is 0. The second-order valence-electron chi connectivity index (χ2n) is 4.72. The highest BCUT2D eigenvalue weighted by Crippen LogP contribution is 2.24. The van der Waals surface area contributed by atoms with Gasteiger partial charge in [0, 0.05) is 35.6 Å². The van der Waals surface area contributed by atoms with Gasteiger partial charge in [0.15, 0.2) is 5.78 Å². The van der Waals surface area contributed by atoms with Crippen LogP contribution in [-0.2, 0) is 7.05 Å². The number of nitrogens with zero attached hydrogens (tertiary/aromatic N) is 1. The molecule has 0 aliphatic rings. The Kier molecular flexibility index (Phi) is 3.32. The van der Waals surface area contributed by atoms with Crippen LogP contribution < -0.4 is 0 Å². The van der Waals surface area contributed by atoms with E-state index in [-0.39, 0.29) is 11.7 Å². The number of carbonyl (C=O) groups is 1. The Morgan fingerprint density at radius 2 is 2.06 bits per heavy atom. The summed E-state index contributed by atoms with van der Waals surface area (Å²) in [7, 11) is 1.99. The van der Waals surface area contributed by atoms with Gasteiger partial charge in [-0.3, -0.25) is 4.79 Å². The summed E-state index contributed by atoms with van der Waals surface area (Å²) < 4.78 is 2.03. The number of fused-ring (bicyclic) bond motifs is 1. The van der Waals surface area contributed by atoms with Crippen LogP contribution >= 0.6 is 0 Å². The van der Waals surface area contributed by atoms with E-state index in [0.717, 1.165) is 29.3 Å². The van der Waals surface area contributed by atoms with Gasteiger partial charge in [0.05, 0.1) is 0 Å². The van der Waals surface area contributed by atoms with Crippen molar-refractivity contribution in [3.05, 3.63) is 36.0 Å². The maximum Gasteiger partial charge on any atom is 0.167 e. The van der Waals surface area contributed by atoms with Crippen LogP contribution in [0.25, 0.3) is 10.9 Å². The molecule has 0 bridgehead atoms. The summed E-state index contributed by atoms with van der Waals surface area (Å²) in [4.78, 5) is 12.3. The maximum atomic E-state index is 12.3. The van der Waals surface area contributed by atoms with Crippen molar-refractivity contribution in [2.45, 2.75) is 26.7 Å². The molecule has 1 heterocycles. The van der Waals surface area contributed by atoms with Crippen molar-refractivity contribution < 1.29 is 4.79 Å². The fourth-order valence-electron chi connectivity index (χ4n) is 2.37. The number of aromatic nitrogens is 1. The molecule has 17 heavy (non-hydrogen) atoms. The molecule has 1 atom stereocenters. The maximum absolute atomic E-state index is 12.3. The molecule has 2 rings (SSSR count). The van der Waals surface area contributed by atoms with Crippen molar-refractivity contribution in [3.8, 4) is 0 Å². The van der Waals surface area contributed by atoms with Crippen molar-refractivity contribution in [2.24, 2.45) is 13.0 Å². The second-order valence-corrected chi connectivity index (χ2v) is 4.72. The molecule has 1 unspecified atom stereocenters. The van der Waals surface area contributed by atoms with Crippen LogP contribution in [0.4, 0.5) is 0 Å². The van der Waals surface area contributed by atoms with Crippen molar-refractivity contribution in [2.75, 3.05) is 0 Å². The fourth-order valence-corrected chi connectivity index (χ4v) is 2.37. The Morgan fingerprint density at radius 3 is 2.76 bits per heavy atom. The Bertz CT molecular complexity index is 539. The van der Waals surface area contributed by atoms with Gasteiger partial charge in [0.25, 0.3) is 0 Å². The third-order valence-corrected chi connectivity index (χ3v) is 3.33. The fraction of sp³-hybridized carbons (Fsp3) is 0.400. The average Bonchev–Trinajstić information content (AvgIpc) is 2.67. The summed E-state index contributed by atoms with van der Waals surface area (Å²) >= 11 is 0. The lowest BCUT2D eigenvalue weighted by Crippen LogP contribution is -2.10. The zero-order valence-corrected chi connectivity index (χ0v) is 10.7. The Balaban J connectivity index is 2.45. The number of ketones is 1. The average molecular weight is 229 g/mol. The molecule has 0 aliphatic carbocycles. The number of aryl methyl sites for hydroxylation is 1. The van der Waals surface area contributed by atoms with E-state index < -0.39 is 0 Å². The molecule has 1 aromatic carbocycles. The van der Waals surface area contributed by atoms with Gasteiger partial charge in [-0.15, -0.1) is 0 Å². The summed E-state index contributed by atoms with van der Waals surface area (Å²) in [6, 6.07) is 8.08. The number of rotatable bonds is 4. The van der Waals surface area contributed by atoms with E-state index in [0.29, 0.717) is 0 Å². The quantitative estimate of drug-likeness (QED) is 0.731. The minimum absolute atomic E-state index is 0.116. The molecule has 0 saturated carbocycles. The van der Waals surface area contributed by atoms with Crippen LogP contribution in [0, 0.1) is 5.92 Å². The zero-order valence-electron chi connectivity index (χ0n) is 10.7. The monoisotopic (exact) mass is 229 g/mol. The number of benzene rings is 1. The van der Waals surface area contributed by atoms with Gasteiger partial charge in [-0.25, -0.2) is 0 Å².